The van der Waals surface area contributed by atoms with Gasteiger partial charge in [0.05, 0.1) is 0 Å². The first-order chi connectivity index (χ1) is 12.8. The summed E-state index contributed by atoms with van der Waals surface area (Å²) < 4.78 is 0. The van der Waals surface area contributed by atoms with Crippen molar-refractivity contribution in [3.05, 3.63) is 69.3 Å². The Morgan fingerprint density at radius 1 is 1.19 bits per heavy atom. The first kappa shape index (κ1) is 18.9. The highest BCUT2D eigenvalue weighted by molar-refractivity contribution is 6.35. The Hall–Kier alpha value is -2.83. The van der Waals surface area contributed by atoms with Crippen LogP contribution in [0.4, 0.5) is 10.5 Å². The number of imide groups is 1. The summed E-state index contributed by atoms with van der Waals surface area (Å²) in [5.74, 6) is -1.08. The van der Waals surface area contributed by atoms with Gasteiger partial charge in [0.2, 0.25) is 5.91 Å². The molecule has 2 aromatic rings. The molecule has 0 spiro atoms. The number of halogens is 2. The van der Waals surface area contributed by atoms with Crippen LogP contribution in [0.25, 0.3) is 6.08 Å². The second kappa shape index (κ2) is 7.82. The average molecular weight is 404 g/mol. The molecule has 138 valence electrons. The second-order valence-corrected chi connectivity index (χ2v) is 6.81. The lowest BCUT2D eigenvalue weighted by Gasteiger charge is -2.12. The molecule has 3 rings (SSSR count). The van der Waals surface area contributed by atoms with E-state index in [1.165, 1.54) is 12.1 Å². The molecule has 1 saturated heterocycles. The zero-order valence-corrected chi connectivity index (χ0v) is 15.8. The number of rotatable bonds is 4. The van der Waals surface area contributed by atoms with Crippen molar-refractivity contribution in [2.24, 2.45) is 0 Å². The van der Waals surface area contributed by atoms with Crippen LogP contribution in [0.2, 0.25) is 10.0 Å². The molecule has 0 atom stereocenters. The summed E-state index contributed by atoms with van der Waals surface area (Å²) in [6.45, 7) is 1.50. The zero-order valence-electron chi connectivity index (χ0n) is 14.3. The number of hydrogen-bond acceptors (Lipinski definition) is 3. The minimum Gasteiger partial charge on any atom is -0.325 e. The third-order valence-electron chi connectivity index (χ3n) is 3.83. The molecule has 6 nitrogen and oxygen atoms in total. The van der Waals surface area contributed by atoms with E-state index in [1.807, 2.05) is 13.0 Å². The summed E-state index contributed by atoms with van der Waals surface area (Å²) in [7, 11) is 0. The predicted octanol–water partition coefficient (Wildman–Crippen LogP) is 3.83. The lowest BCUT2D eigenvalue weighted by Crippen LogP contribution is -2.38. The van der Waals surface area contributed by atoms with Gasteiger partial charge in [-0.2, -0.15) is 0 Å². The van der Waals surface area contributed by atoms with E-state index in [4.69, 9.17) is 23.2 Å². The molecule has 0 radical (unpaired) electrons. The summed E-state index contributed by atoms with van der Waals surface area (Å²) >= 11 is 11.9. The summed E-state index contributed by atoms with van der Waals surface area (Å²) in [6.07, 6.45) is 1.44. The van der Waals surface area contributed by atoms with Gasteiger partial charge >= 0.3 is 6.03 Å². The van der Waals surface area contributed by atoms with Crippen molar-refractivity contribution in [1.82, 2.24) is 10.2 Å². The van der Waals surface area contributed by atoms with Crippen LogP contribution in [0, 0.1) is 6.92 Å². The van der Waals surface area contributed by atoms with Crippen LogP contribution in [0.1, 0.15) is 11.1 Å². The summed E-state index contributed by atoms with van der Waals surface area (Å²) in [4.78, 5) is 37.6. The van der Waals surface area contributed by atoms with E-state index in [0.29, 0.717) is 21.3 Å². The first-order valence-electron chi connectivity index (χ1n) is 7.99. The third-order valence-corrected chi connectivity index (χ3v) is 4.39. The Balaban J connectivity index is 1.72. The Morgan fingerprint density at radius 3 is 2.67 bits per heavy atom. The molecule has 2 aromatic carbocycles. The molecule has 0 aliphatic carbocycles. The third kappa shape index (κ3) is 4.48. The standard InChI is InChI=1S/C19H15Cl2N3O3/c1-11-3-2-4-14(7-11)22-17(25)10-24-18(26)16(23-19(24)27)8-12-5-6-13(20)9-15(12)21/h2-9H,10H2,1H3,(H,22,25)(H,23,27)/b16-8+. The maximum Gasteiger partial charge on any atom is 0.329 e. The van der Waals surface area contributed by atoms with Gasteiger partial charge in [-0.1, -0.05) is 41.4 Å². The van der Waals surface area contributed by atoms with Crippen LogP contribution in [0.15, 0.2) is 48.2 Å². The monoisotopic (exact) mass is 403 g/mol. The second-order valence-electron chi connectivity index (χ2n) is 5.96. The van der Waals surface area contributed by atoms with Crippen molar-refractivity contribution in [1.29, 1.82) is 0 Å². The Labute approximate surface area is 165 Å². The highest BCUT2D eigenvalue weighted by Gasteiger charge is 2.35. The number of aryl methyl sites for hydroxylation is 1. The highest BCUT2D eigenvalue weighted by Crippen LogP contribution is 2.24. The van der Waals surface area contributed by atoms with Gasteiger partial charge in [0.25, 0.3) is 5.91 Å². The highest BCUT2D eigenvalue weighted by atomic mass is 35.5. The summed E-state index contributed by atoms with van der Waals surface area (Å²) in [6, 6.07) is 11.3. The Kier molecular flexibility index (Phi) is 5.48. The molecule has 8 heteroatoms. The molecule has 4 amide bonds. The molecule has 0 saturated carbocycles. The van der Waals surface area contributed by atoms with Gasteiger partial charge in [-0.15, -0.1) is 0 Å². The van der Waals surface area contributed by atoms with E-state index in [0.717, 1.165) is 10.5 Å². The molecule has 0 unspecified atom stereocenters. The SMILES string of the molecule is Cc1cccc(NC(=O)CN2C(=O)N/C(=C/c3ccc(Cl)cc3Cl)C2=O)c1. The molecular formula is C19H15Cl2N3O3. The molecule has 27 heavy (non-hydrogen) atoms. The van der Waals surface area contributed by atoms with E-state index >= 15 is 0 Å². The topological polar surface area (TPSA) is 78.5 Å². The van der Waals surface area contributed by atoms with E-state index < -0.39 is 24.4 Å². The van der Waals surface area contributed by atoms with Crippen LogP contribution in [-0.4, -0.2) is 29.3 Å². The van der Waals surface area contributed by atoms with E-state index in [2.05, 4.69) is 10.6 Å². The molecule has 2 N–H and O–H groups in total. The van der Waals surface area contributed by atoms with Crippen molar-refractivity contribution >= 4 is 52.8 Å². The quantitative estimate of drug-likeness (QED) is 0.601. The summed E-state index contributed by atoms with van der Waals surface area (Å²) in [5, 5.41) is 5.91. The lowest BCUT2D eigenvalue weighted by atomic mass is 10.2. The lowest BCUT2D eigenvalue weighted by molar-refractivity contribution is -0.127. The number of amides is 4. The van der Waals surface area contributed by atoms with Gasteiger partial charge in [0.15, 0.2) is 0 Å². The zero-order chi connectivity index (χ0) is 19.6. The van der Waals surface area contributed by atoms with Gasteiger partial charge in [0, 0.05) is 15.7 Å². The first-order valence-corrected chi connectivity index (χ1v) is 8.75. The number of carbonyl (C=O) groups excluding carboxylic acids is 3. The Bertz CT molecular complexity index is 972. The predicted molar refractivity (Wildman–Crippen MR) is 104 cm³/mol. The number of urea groups is 1. The van der Waals surface area contributed by atoms with E-state index in [-0.39, 0.29) is 5.70 Å². The van der Waals surface area contributed by atoms with E-state index in [1.54, 1.807) is 30.3 Å². The molecule has 0 aromatic heterocycles. The van der Waals surface area contributed by atoms with E-state index in [9.17, 15) is 14.4 Å². The fourth-order valence-electron chi connectivity index (χ4n) is 2.56. The molecule has 1 fully saturated rings. The van der Waals surface area contributed by atoms with Gasteiger partial charge < -0.3 is 10.6 Å². The van der Waals surface area contributed by atoms with Crippen LogP contribution in [-0.2, 0) is 9.59 Å². The Morgan fingerprint density at radius 2 is 1.96 bits per heavy atom. The molecule has 1 aliphatic heterocycles. The molecule has 1 heterocycles. The number of anilines is 1. The fraction of sp³-hybridized carbons (Fsp3) is 0.105. The van der Waals surface area contributed by atoms with Crippen LogP contribution < -0.4 is 10.6 Å². The number of nitrogens with one attached hydrogen (secondary N) is 2. The number of benzene rings is 2. The summed E-state index contributed by atoms with van der Waals surface area (Å²) in [5.41, 5.74) is 2.13. The molecule has 1 aliphatic rings. The van der Waals surface area contributed by atoms with Crippen LogP contribution in [0.5, 0.6) is 0 Å². The van der Waals surface area contributed by atoms with Crippen molar-refractivity contribution in [3.63, 3.8) is 0 Å². The number of nitrogens with zero attached hydrogens (tertiary/aromatic N) is 1. The molecule has 0 bridgehead atoms. The fourth-order valence-corrected chi connectivity index (χ4v) is 3.02. The van der Waals surface area contributed by atoms with Gasteiger partial charge in [-0.05, 0) is 48.4 Å². The number of hydrogen-bond donors (Lipinski definition) is 2. The minimum atomic E-state index is -0.671. The number of carbonyl (C=O) groups is 3. The van der Waals surface area contributed by atoms with Crippen LogP contribution >= 0.6 is 23.2 Å². The van der Waals surface area contributed by atoms with Crippen LogP contribution in [0.3, 0.4) is 0 Å². The largest absolute Gasteiger partial charge is 0.329 e. The van der Waals surface area contributed by atoms with Crippen molar-refractivity contribution < 1.29 is 14.4 Å². The van der Waals surface area contributed by atoms with Gasteiger partial charge in [0.1, 0.15) is 12.2 Å². The minimum absolute atomic E-state index is 0.0348. The van der Waals surface area contributed by atoms with Crippen molar-refractivity contribution in [2.75, 3.05) is 11.9 Å². The van der Waals surface area contributed by atoms with Crippen molar-refractivity contribution in [3.8, 4) is 0 Å². The van der Waals surface area contributed by atoms with Gasteiger partial charge in [-0.25, -0.2) is 9.69 Å². The van der Waals surface area contributed by atoms with Gasteiger partial charge in [-0.3, -0.25) is 9.59 Å². The normalized spacial score (nSPS) is 15.2. The smallest absolute Gasteiger partial charge is 0.325 e. The van der Waals surface area contributed by atoms with Crippen molar-refractivity contribution in [2.45, 2.75) is 6.92 Å². The maximum absolute atomic E-state index is 12.5. The molecular weight excluding hydrogens is 389 g/mol. The average Bonchev–Trinajstić information content (AvgIpc) is 2.85. The maximum atomic E-state index is 12.5.